The minimum atomic E-state index is -2.68. The Morgan fingerprint density at radius 2 is 1.53 bits per heavy atom. The Kier molecular flexibility index (Phi) is 7.27. The molecule has 0 saturated carbocycles. The Balaban J connectivity index is 2.09. The molecule has 1 N–H and O–H groups in total. The number of hydrogen-bond acceptors (Lipinski definition) is 5. The maximum absolute atomic E-state index is 12.5. The van der Waals surface area contributed by atoms with Crippen LogP contribution in [0.3, 0.4) is 0 Å². The van der Waals surface area contributed by atoms with Crippen molar-refractivity contribution in [3.05, 3.63) is 44.2 Å². The number of aromatic amines is 1. The average Bonchev–Trinajstić information content (AvgIpc) is 3.05. The van der Waals surface area contributed by atoms with Crippen LogP contribution >= 0.6 is 0 Å². The molecule has 32 heavy (non-hydrogen) atoms. The van der Waals surface area contributed by atoms with Gasteiger partial charge in [-0.1, -0.05) is 61.5 Å². The van der Waals surface area contributed by atoms with E-state index in [0.717, 1.165) is 5.57 Å². The normalized spacial score (nSPS) is 25.2. The quantitative estimate of drug-likeness (QED) is 0.489. The third-order valence-corrected chi connectivity index (χ3v) is 17.3. The van der Waals surface area contributed by atoms with Crippen molar-refractivity contribution >= 4 is 17.1 Å². The summed E-state index contributed by atoms with van der Waals surface area (Å²) < 4.78 is 22.6. The highest BCUT2D eigenvalue weighted by atomic mass is 28.5. The van der Waals surface area contributed by atoms with E-state index >= 15 is 0 Å². The summed E-state index contributed by atoms with van der Waals surface area (Å²) in [4.78, 5) is 26.8. The fraction of sp³-hybridized carbons (Fsp3) is 0.739. The van der Waals surface area contributed by atoms with Crippen molar-refractivity contribution < 1.29 is 13.0 Å². The SMILES string of the molecule is Cc1cn([C@@H]2C=C3CO[Si](C(C)C)(C(C)C)O[Si](C(C)C)(C(C)C)O[C@@H]3C2)c(=O)[nH]c1=O. The van der Waals surface area contributed by atoms with Gasteiger partial charge in [0.25, 0.3) is 5.56 Å². The molecule has 1 aliphatic carbocycles. The number of nitrogens with zero attached hydrogens (tertiary/aromatic N) is 1. The number of rotatable bonds is 5. The van der Waals surface area contributed by atoms with E-state index < -0.39 is 22.8 Å². The summed E-state index contributed by atoms with van der Waals surface area (Å²) >= 11 is 0. The summed E-state index contributed by atoms with van der Waals surface area (Å²) in [6.07, 6.45) is 4.24. The second-order valence-corrected chi connectivity index (χ2v) is 19.4. The lowest BCUT2D eigenvalue weighted by Crippen LogP contribution is -2.63. The van der Waals surface area contributed by atoms with Gasteiger partial charge in [0.1, 0.15) is 0 Å². The molecule has 0 aromatic carbocycles. The Labute approximate surface area is 193 Å². The molecule has 1 aromatic heterocycles. The molecule has 1 aromatic rings. The van der Waals surface area contributed by atoms with Crippen LogP contribution in [0.25, 0.3) is 0 Å². The Bertz CT molecular complexity index is 963. The summed E-state index contributed by atoms with van der Waals surface area (Å²) in [5.41, 5.74) is 1.96. The van der Waals surface area contributed by atoms with E-state index in [9.17, 15) is 9.59 Å². The van der Waals surface area contributed by atoms with E-state index in [2.05, 4.69) is 66.4 Å². The predicted molar refractivity (Wildman–Crippen MR) is 132 cm³/mol. The molecule has 3 rings (SSSR count). The number of allylic oxidation sites excluding steroid dienone is 1. The van der Waals surface area contributed by atoms with Crippen molar-refractivity contribution in [3.8, 4) is 0 Å². The van der Waals surface area contributed by atoms with Crippen molar-refractivity contribution in [2.24, 2.45) is 0 Å². The van der Waals surface area contributed by atoms with Crippen LogP contribution in [-0.4, -0.2) is 39.4 Å². The van der Waals surface area contributed by atoms with Crippen LogP contribution in [0.4, 0.5) is 0 Å². The third kappa shape index (κ3) is 4.29. The second kappa shape index (κ2) is 9.17. The Hall–Kier alpha value is -1.27. The topological polar surface area (TPSA) is 82.6 Å². The predicted octanol–water partition coefficient (Wildman–Crippen LogP) is 4.67. The van der Waals surface area contributed by atoms with Crippen molar-refractivity contribution in [2.45, 2.75) is 103 Å². The number of aryl methyl sites for hydroxylation is 1. The summed E-state index contributed by atoms with van der Waals surface area (Å²) in [6, 6.07) is -0.181. The summed E-state index contributed by atoms with van der Waals surface area (Å²) in [5.74, 6) is 0. The molecule has 0 spiro atoms. The molecule has 1 fully saturated rings. The van der Waals surface area contributed by atoms with Crippen LogP contribution in [0.15, 0.2) is 27.4 Å². The molecule has 2 atom stereocenters. The summed E-state index contributed by atoms with van der Waals surface area (Å²) in [6.45, 7) is 19.8. The van der Waals surface area contributed by atoms with E-state index in [1.54, 1.807) is 17.7 Å². The first-order valence-electron chi connectivity index (χ1n) is 11.9. The molecule has 0 unspecified atom stereocenters. The zero-order valence-corrected chi connectivity index (χ0v) is 23.0. The molecule has 2 aliphatic rings. The molecule has 0 amide bonds. The average molecular weight is 481 g/mol. The van der Waals surface area contributed by atoms with Crippen molar-refractivity contribution in [3.63, 3.8) is 0 Å². The molecular formula is C23H40N2O5Si2. The van der Waals surface area contributed by atoms with E-state index in [4.69, 9.17) is 13.0 Å². The minimum absolute atomic E-state index is 0.151. The Morgan fingerprint density at radius 1 is 0.969 bits per heavy atom. The van der Waals surface area contributed by atoms with Gasteiger partial charge in [-0.3, -0.25) is 14.3 Å². The molecule has 7 nitrogen and oxygen atoms in total. The van der Waals surface area contributed by atoms with Crippen molar-refractivity contribution in [1.82, 2.24) is 9.55 Å². The minimum Gasteiger partial charge on any atom is -0.414 e. The molecule has 2 heterocycles. The molecule has 1 aliphatic heterocycles. The van der Waals surface area contributed by atoms with E-state index in [1.807, 2.05) is 0 Å². The monoisotopic (exact) mass is 480 g/mol. The van der Waals surface area contributed by atoms with Gasteiger partial charge in [-0.05, 0) is 34.7 Å². The zero-order valence-electron chi connectivity index (χ0n) is 21.0. The molecule has 9 heteroatoms. The van der Waals surface area contributed by atoms with Gasteiger partial charge < -0.3 is 13.0 Å². The summed E-state index contributed by atoms with van der Waals surface area (Å²) in [5, 5.41) is 0. The fourth-order valence-electron chi connectivity index (χ4n) is 5.22. The van der Waals surface area contributed by atoms with Gasteiger partial charge in [-0.15, -0.1) is 0 Å². The highest BCUT2D eigenvalue weighted by molar-refractivity contribution is 6.84. The lowest BCUT2D eigenvalue weighted by atomic mass is 10.2. The molecule has 0 radical (unpaired) electrons. The van der Waals surface area contributed by atoms with Gasteiger partial charge in [-0.2, -0.15) is 0 Å². The number of hydrogen-bond donors (Lipinski definition) is 1. The largest absolute Gasteiger partial charge is 0.414 e. The second-order valence-electron chi connectivity index (χ2n) is 10.6. The summed E-state index contributed by atoms with van der Waals surface area (Å²) in [7, 11) is -5.27. The standard InChI is InChI=1S/C23H40N2O5Si2/c1-14(2)31(15(3)4)28-13-19-10-20(25-12-18(9)22(26)24-23(25)27)11-21(19)29-32(30-31,16(5)6)17(7)8/h10,12,14-17,20-21H,11,13H2,1-9H3,(H,24,26,27)/t20-,21-/m1/s1. The van der Waals surface area contributed by atoms with Crippen LogP contribution in [0, 0.1) is 6.92 Å². The molecule has 1 saturated heterocycles. The number of aromatic nitrogens is 2. The molecule has 0 bridgehead atoms. The van der Waals surface area contributed by atoms with Crippen LogP contribution in [0.1, 0.15) is 73.4 Å². The van der Waals surface area contributed by atoms with E-state index in [0.29, 0.717) is 18.6 Å². The number of fused-ring (bicyclic) bond motifs is 1. The maximum atomic E-state index is 12.5. The first-order chi connectivity index (χ1) is 14.8. The van der Waals surface area contributed by atoms with Crippen molar-refractivity contribution in [2.75, 3.05) is 6.61 Å². The van der Waals surface area contributed by atoms with E-state index in [-0.39, 0.29) is 39.9 Å². The highest BCUT2D eigenvalue weighted by Crippen LogP contribution is 2.48. The molecular weight excluding hydrogens is 440 g/mol. The number of H-pyrrole nitrogens is 1. The maximum Gasteiger partial charge on any atom is 0.335 e. The van der Waals surface area contributed by atoms with Crippen LogP contribution in [-0.2, 0) is 13.0 Å². The van der Waals surface area contributed by atoms with Gasteiger partial charge in [0.15, 0.2) is 0 Å². The van der Waals surface area contributed by atoms with Crippen LogP contribution in [0.5, 0.6) is 0 Å². The van der Waals surface area contributed by atoms with Crippen LogP contribution in [0.2, 0.25) is 22.2 Å². The zero-order chi connectivity index (χ0) is 24.0. The van der Waals surface area contributed by atoms with Gasteiger partial charge in [-0.25, -0.2) is 4.79 Å². The van der Waals surface area contributed by atoms with E-state index in [1.165, 1.54) is 0 Å². The van der Waals surface area contributed by atoms with Crippen LogP contribution < -0.4 is 11.2 Å². The lowest BCUT2D eigenvalue weighted by molar-refractivity contribution is 0.101. The van der Waals surface area contributed by atoms with Gasteiger partial charge in [0.05, 0.1) is 18.8 Å². The van der Waals surface area contributed by atoms with Crippen molar-refractivity contribution in [1.29, 1.82) is 0 Å². The molecule has 180 valence electrons. The van der Waals surface area contributed by atoms with Gasteiger partial charge in [0, 0.05) is 18.2 Å². The fourth-order valence-corrected chi connectivity index (χ4v) is 16.4. The van der Waals surface area contributed by atoms with Gasteiger partial charge in [0.2, 0.25) is 0 Å². The number of nitrogens with one attached hydrogen (secondary N) is 1. The highest BCUT2D eigenvalue weighted by Gasteiger charge is 2.58. The third-order valence-electron chi connectivity index (χ3n) is 7.11. The Morgan fingerprint density at radius 3 is 2.06 bits per heavy atom. The first-order valence-corrected chi connectivity index (χ1v) is 15.8. The first kappa shape index (κ1) is 25.4. The lowest BCUT2D eigenvalue weighted by Gasteiger charge is -2.50. The smallest absolute Gasteiger partial charge is 0.335 e. The van der Waals surface area contributed by atoms with Gasteiger partial charge >= 0.3 is 22.8 Å².